The minimum atomic E-state index is -3.25. The van der Waals surface area contributed by atoms with Gasteiger partial charge in [-0.25, -0.2) is 8.42 Å². The molecule has 3 aromatic rings. The van der Waals surface area contributed by atoms with Crippen LogP contribution >= 0.6 is 0 Å². The second-order valence-electron chi connectivity index (χ2n) is 7.55. The Hall–Kier alpha value is -3.13. The first-order valence-electron chi connectivity index (χ1n) is 9.79. The molecule has 8 heteroatoms. The first-order chi connectivity index (χ1) is 14.6. The van der Waals surface area contributed by atoms with Crippen LogP contribution in [0.2, 0.25) is 0 Å². The SMILES string of the molecule is Cc1noc(C)c1COc1ccc(C(=O)N(C)C(C)c2ccc(S(C)(=O)=O)cc2)cc1. The van der Waals surface area contributed by atoms with Gasteiger partial charge in [-0.3, -0.25) is 4.79 Å². The van der Waals surface area contributed by atoms with Gasteiger partial charge in [0.2, 0.25) is 0 Å². The van der Waals surface area contributed by atoms with E-state index in [-0.39, 0.29) is 16.8 Å². The average molecular weight is 443 g/mol. The van der Waals surface area contributed by atoms with Gasteiger partial charge in [0.05, 0.1) is 22.2 Å². The number of carbonyl (C=O) groups is 1. The van der Waals surface area contributed by atoms with E-state index in [2.05, 4.69) is 5.16 Å². The van der Waals surface area contributed by atoms with Crippen molar-refractivity contribution >= 4 is 15.7 Å². The summed E-state index contributed by atoms with van der Waals surface area (Å²) in [7, 11) is -1.53. The smallest absolute Gasteiger partial charge is 0.254 e. The van der Waals surface area contributed by atoms with Gasteiger partial charge < -0.3 is 14.2 Å². The largest absolute Gasteiger partial charge is 0.489 e. The van der Waals surface area contributed by atoms with Crippen molar-refractivity contribution in [3.63, 3.8) is 0 Å². The van der Waals surface area contributed by atoms with Crippen LogP contribution in [0.3, 0.4) is 0 Å². The number of sulfone groups is 1. The van der Waals surface area contributed by atoms with Crippen LogP contribution in [0.15, 0.2) is 57.9 Å². The Morgan fingerprint density at radius 1 is 1.10 bits per heavy atom. The molecule has 0 fully saturated rings. The fourth-order valence-corrected chi connectivity index (χ4v) is 3.78. The van der Waals surface area contributed by atoms with Gasteiger partial charge in [-0.05, 0) is 62.7 Å². The Morgan fingerprint density at radius 3 is 2.23 bits per heavy atom. The fourth-order valence-electron chi connectivity index (χ4n) is 3.15. The number of ether oxygens (including phenoxy) is 1. The summed E-state index contributed by atoms with van der Waals surface area (Å²) in [5, 5.41) is 3.91. The van der Waals surface area contributed by atoms with Crippen LogP contribution in [0.5, 0.6) is 5.75 Å². The molecule has 0 N–H and O–H groups in total. The van der Waals surface area contributed by atoms with Crippen molar-refractivity contribution < 1.29 is 22.5 Å². The third kappa shape index (κ3) is 5.14. The molecule has 0 aliphatic rings. The Bertz CT molecular complexity index is 1150. The second-order valence-corrected chi connectivity index (χ2v) is 9.56. The van der Waals surface area contributed by atoms with Gasteiger partial charge in [0, 0.05) is 18.9 Å². The molecule has 1 amide bonds. The van der Waals surface area contributed by atoms with Gasteiger partial charge >= 0.3 is 0 Å². The number of aryl methyl sites for hydroxylation is 2. The molecule has 0 saturated heterocycles. The van der Waals surface area contributed by atoms with E-state index in [4.69, 9.17) is 9.26 Å². The first-order valence-corrected chi connectivity index (χ1v) is 11.7. The fraction of sp³-hybridized carbons (Fsp3) is 0.304. The van der Waals surface area contributed by atoms with Crippen molar-refractivity contribution in [2.75, 3.05) is 13.3 Å². The zero-order chi connectivity index (χ0) is 22.8. The van der Waals surface area contributed by atoms with Crippen LogP contribution < -0.4 is 4.74 Å². The lowest BCUT2D eigenvalue weighted by atomic mass is 10.1. The van der Waals surface area contributed by atoms with Crippen molar-refractivity contribution in [3.05, 3.63) is 76.7 Å². The Kier molecular flexibility index (Phi) is 6.50. The molecule has 1 heterocycles. The monoisotopic (exact) mass is 442 g/mol. The van der Waals surface area contributed by atoms with E-state index in [0.717, 1.165) is 22.6 Å². The maximum Gasteiger partial charge on any atom is 0.254 e. The van der Waals surface area contributed by atoms with Gasteiger partial charge in [0.25, 0.3) is 5.91 Å². The summed E-state index contributed by atoms with van der Waals surface area (Å²) >= 11 is 0. The summed E-state index contributed by atoms with van der Waals surface area (Å²) in [6, 6.07) is 13.3. The van der Waals surface area contributed by atoms with Gasteiger partial charge in [0.15, 0.2) is 9.84 Å². The zero-order valence-electron chi connectivity index (χ0n) is 18.2. The summed E-state index contributed by atoms with van der Waals surface area (Å²) in [6.07, 6.45) is 1.17. The highest BCUT2D eigenvalue weighted by Gasteiger charge is 2.20. The molecular weight excluding hydrogens is 416 g/mol. The number of nitrogens with zero attached hydrogens (tertiary/aromatic N) is 2. The standard InChI is InChI=1S/C23H26N2O5S/c1-15-22(17(3)30-24-15)14-29-20-10-6-19(7-11-20)23(26)25(4)16(2)18-8-12-21(13-9-18)31(5,27)28/h6-13,16H,14H2,1-5H3. The Morgan fingerprint density at radius 2 is 1.71 bits per heavy atom. The summed E-state index contributed by atoms with van der Waals surface area (Å²) in [4.78, 5) is 14.8. The molecule has 164 valence electrons. The second kappa shape index (κ2) is 8.93. The maximum atomic E-state index is 12.9. The third-order valence-electron chi connectivity index (χ3n) is 5.36. The highest BCUT2D eigenvalue weighted by atomic mass is 32.2. The van der Waals surface area contributed by atoms with Crippen molar-refractivity contribution in [2.45, 2.75) is 38.3 Å². The van der Waals surface area contributed by atoms with Crippen molar-refractivity contribution in [3.8, 4) is 5.75 Å². The number of rotatable bonds is 7. The zero-order valence-corrected chi connectivity index (χ0v) is 19.1. The minimum Gasteiger partial charge on any atom is -0.489 e. The van der Waals surface area contributed by atoms with Crippen LogP contribution in [-0.4, -0.2) is 37.7 Å². The number of hydrogen-bond acceptors (Lipinski definition) is 6. The molecule has 0 aliphatic carbocycles. The molecule has 1 atom stereocenters. The normalized spacial score (nSPS) is 12.4. The topological polar surface area (TPSA) is 89.7 Å². The first kappa shape index (κ1) is 22.6. The summed E-state index contributed by atoms with van der Waals surface area (Å²) in [5.74, 6) is 1.23. The van der Waals surface area contributed by atoms with Crippen molar-refractivity contribution in [1.29, 1.82) is 0 Å². The summed E-state index contributed by atoms with van der Waals surface area (Å²) in [6.45, 7) is 5.94. The van der Waals surface area contributed by atoms with E-state index < -0.39 is 9.84 Å². The highest BCUT2D eigenvalue weighted by molar-refractivity contribution is 7.90. The minimum absolute atomic E-state index is 0.142. The van der Waals surface area contributed by atoms with Crippen LogP contribution in [-0.2, 0) is 16.4 Å². The number of aromatic nitrogens is 1. The summed E-state index contributed by atoms with van der Waals surface area (Å²) < 4.78 is 34.2. The molecule has 7 nitrogen and oxygen atoms in total. The Labute approximate surface area is 182 Å². The van der Waals surface area contributed by atoms with Gasteiger partial charge in [0.1, 0.15) is 18.1 Å². The summed E-state index contributed by atoms with van der Waals surface area (Å²) in [5.41, 5.74) is 3.09. The van der Waals surface area contributed by atoms with E-state index in [1.54, 1.807) is 60.5 Å². The number of benzene rings is 2. The lowest BCUT2D eigenvalue weighted by Gasteiger charge is -2.25. The predicted molar refractivity (Wildman–Crippen MR) is 117 cm³/mol. The van der Waals surface area contributed by atoms with Crippen molar-refractivity contribution in [1.82, 2.24) is 10.1 Å². The van der Waals surface area contributed by atoms with Crippen LogP contribution in [0.4, 0.5) is 0 Å². The molecule has 0 spiro atoms. The Balaban J connectivity index is 1.66. The average Bonchev–Trinajstić information content (AvgIpc) is 3.07. The molecule has 31 heavy (non-hydrogen) atoms. The van der Waals surface area contributed by atoms with Gasteiger partial charge in [-0.2, -0.15) is 0 Å². The van der Waals surface area contributed by atoms with Crippen molar-refractivity contribution in [2.24, 2.45) is 0 Å². The molecule has 0 aliphatic heterocycles. The van der Waals surface area contributed by atoms with Crippen LogP contribution in [0.25, 0.3) is 0 Å². The molecule has 1 aromatic heterocycles. The molecule has 2 aromatic carbocycles. The molecule has 0 saturated carbocycles. The predicted octanol–water partition coefficient (Wildman–Crippen LogP) is 4.11. The number of amides is 1. The molecule has 0 bridgehead atoms. The van der Waals surface area contributed by atoms with E-state index in [1.807, 2.05) is 20.8 Å². The van der Waals surface area contributed by atoms with Gasteiger partial charge in [-0.1, -0.05) is 17.3 Å². The van der Waals surface area contributed by atoms with Crippen LogP contribution in [0, 0.1) is 13.8 Å². The maximum absolute atomic E-state index is 12.9. The van der Waals surface area contributed by atoms with E-state index in [1.165, 1.54) is 6.26 Å². The number of hydrogen-bond donors (Lipinski definition) is 0. The molecular formula is C23H26N2O5S. The lowest BCUT2D eigenvalue weighted by Crippen LogP contribution is -2.29. The molecule has 0 radical (unpaired) electrons. The van der Waals surface area contributed by atoms with E-state index in [0.29, 0.717) is 17.9 Å². The molecule has 3 rings (SSSR count). The lowest BCUT2D eigenvalue weighted by molar-refractivity contribution is 0.0742. The van der Waals surface area contributed by atoms with E-state index in [9.17, 15) is 13.2 Å². The number of carbonyl (C=O) groups excluding carboxylic acids is 1. The molecule has 1 unspecified atom stereocenters. The quantitative estimate of drug-likeness (QED) is 0.547. The van der Waals surface area contributed by atoms with E-state index >= 15 is 0 Å². The van der Waals surface area contributed by atoms with Gasteiger partial charge in [-0.15, -0.1) is 0 Å². The third-order valence-corrected chi connectivity index (χ3v) is 6.49. The highest BCUT2D eigenvalue weighted by Crippen LogP contribution is 2.24. The van der Waals surface area contributed by atoms with Crippen LogP contribution in [0.1, 0.15) is 45.9 Å².